The second-order valence-corrected chi connectivity index (χ2v) is 9.63. The number of hydrogen-bond acceptors (Lipinski definition) is 5. The summed E-state index contributed by atoms with van der Waals surface area (Å²) in [4.78, 5) is 9.12. The number of nitrogens with one attached hydrogen (secondary N) is 1. The van der Waals surface area contributed by atoms with Crippen LogP contribution in [0.2, 0.25) is 0 Å². The summed E-state index contributed by atoms with van der Waals surface area (Å²) >= 11 is 0. The molecule has 0 aliphatic carbocycles. The van der Waals surface area contributed by atoms with Gasteiger partial charge in [0.15, 0.2) is 0 Å². The number of aromatic nitrogens is 1. The van der Waals surface area contributed by atoms with Crippen LogP contribution in [0.15, 0.2) is 71.9 Å². The molecule has 1 aliphatic rings. The van der Waals surface area contributed by atoms with Gasteiger partial charge in [0.2, 0.25) is 10.0 Å². The molecule has 1 saturated heterocycles. The van der Waals surface area contributed by atoms with Crippen molar-refractivity contribution in [1.82, 2.24) is 19.5 Å². The Kier molecular flexibility index (Phi) is 6.43. The molecule has 1 N–H and O–H groups in total. The number of fused-ring (bicyclic) bond motifs is 1. The number of sulfonamides is 1. The highest BCUT2D eigenvalue weighted by Gasteiger charge is 2.23. The van der Waals surface area contributed by atoms with Gasteiger partial charge in [-0.2, -0.15) is 0 Å². The summed E-state index contributed by atoms with van der Waals surface area (Å²) in [6.07, 6.45) is 3.12. The van der Waals surface area contributed by atoms with Gasteiger partial charge >= 0.3 is 0 Å². The molecule has 158 valence electrons. The molecule has 1 fully saturated rings. The average molecular weight is 425 g/mol. The van der Waals surface area contributed by atoms with Gasteiger partial charge in [0.1, 0.15) is 4.90 Å². The molecule has 1 aromatic heterocycles. The van der Waals surface area contributed by atoms with Crippen LogP contribution in [0.5, 0.6) is 0 Å². The van der Waals surface area contributed by atoms with Crippen molar-refractivity contribution < 1.29 is 8.42 Å². The van der Waals surface area contributed by atoms with Crippen molar-refractivity contribution in [1.29, 1.82) is 0 Å². The van der Waals surface area contributed by atoms with E-state index in [1.807, 2.05) is 37.3 Å². The Balaban J connectivity index is 1.33. The third-order valence-corrected chi connectivity index (χ3v) is 7.14. The van der Waals surface area contributed by atoms with Gasteiger partial charge in [-0.3, -0.25) is 14.8 Å². The van der Waals surface area contributed by atoms with Crippen LogP contribution in [-0.2, 0) is 16.6 Å². The van der Waals surface area contributed by atoms with E-state index in [0.29, 0.717) is 11.9 Å². The van der Waals surface area contributed by atoms with Crippen LogP contribution in [0.25, 0.3) is 10.8 Å². The zero-order valence-electron chi connectivity index (χ0n) is 17.2. The fraction of sp³-hybridized carbons (Fsp3) is 0.348. The summed E-state index contributed by atoms with van der Waals surface area (Å²) in [5, 5.41) is 1.52. The summed E-state index contributed by atoms with van der Waals surface area (Å²) in [5.74, 6) is 0. The molecule has 3 aromatic rings. The predicted octanol–water partition coefficient (Wildman–Crippen LogP) is 2.72. The first-order valence-electron chi connectivity index (χ1n) is 10.3. The van der Waals surface area contributed by atoms with Crippen LogP contribution >= 0.6 is 0 Å². The van der Waals surface area contributed by atoms with Crippen molar-refractivity contribution in [2.75, 3.05) is 32.7 Å². The quantitative estimate of drug-likeness (QED) is 0.632. The Morgan fingerprint density at radius 3 is 2.37 bits per heavy atom. The van der Waals surface area contributed by atoms with Crippen LogP contribution in [0.3, 0.4) is 0 Å². The van der Waals surface area contributed by atoms with Gasteiger partial charge in [-0.25, -0.2) is 13.1 Å². The summed E-state index contributed by atoms with van der Waals surface area (Å²) in [6, 6.07) is 17.7. The molecule has 0 saturated carbocycles. The summed E-state index contributed by atoms with van der Waals surface area (Å²) in [5.41, 5.74) is 1.33. The lowest BCUT2D eigenvalue weighted by molar-refractivity contribution is 0.122. The molecular weight excluding hydrogens is 396 g/mol. The summed E-state index contributed by atoms with van der Waals surface area (Å²) < 4.78 is 28.8. The molecule has 4 rings (SSSR count). The zero-order valence-corrected chi connectivity index (χ0v) is 18.1. The van der Waals surface area contributed by atoms with E-state index in [1.165, 1.54) is 11.8 Å². The minimum Gasteiger partial charge on any atom is -0.299 e. The van der Waals surface area contributed by atoms with Crippen molar-refractivity contribution in [2.24, 2.45) is 0 Å². The number of piperazine rings is 1. The van der Waals surface area contributed by atoms with Crippen molar-refractivity contribution in [2.45, 2.75) is 24.4 Å². The van der Waals surface area contributed by atoms with Crippen LogP contribution in [-0.4, -0.2) is 62.0 Å². The van der Waals surface area contributed by atoms with E-state index < -0.39 is 10.0 Å². The lowest BCUT2D eigenvalue weighted by Crippen LogP contribution is -2.50. The number of rotatable bonds is 7. The lowest BCUT2D eigenvalue weighted by Gasteiger charge is -2.36. The summed E-state index contributed by atoms with van der Waals surface area (Å²) in [6.45, 7) is 7.43. The molecule has 1 aliphatic heterocycles. The van der Waals surface area contributed by atoms with Crippen LogP contribution in [0.1, 0.15) is 12.5 Å². The van der Waals surface area contributed by atoms with E-state index >= 15 is 0 Å². The molecular formula is C23H28N4O2S. The molecule has 6 nitrogen and oxygen atoms in total. The minimum atomic E-state index is -3.64. The Morgan fingerprint density at radius 2 is 1.60 bits per heavy atom. The molecule has 2 heterocycles. The standard InChI is InChI=1S/C23H28N4O2S/c1-19(17-26-11-13-27(14-12-26)18-20-7-3-2-4-8-20)25-30(28,29)23-16-24-15-21-9-5-6-10-22(21)23/h2-10,15-16,19,25H,11-14,17-18H2,1H3/t19-/m1/s1. The van der Waals surface area contributed by atoms with E-state index in [9.17, 15) is 8.42 Å². The number of nitrogens with zero attached hydrogens (tertiary/aromatic N) is 3. The first-order chi connectivity index (χ1) is 14.5. The molecule has 7 heteroatoms. The second-order valence-electron chi connectivity index (χ2n) is 7.94. The predicted molar refractivity (Wildman–Crippen MR) is 120 cm³/mol. The van der Waals surface area contributed by atoms with E-state index in [1.54, 1.807) is 6.20 Å². The van der Waals surface area contributed by atoms with E-state index in [-0.39, 0.29) is 10.9 Å². The third kappa shape index (κ3) is 5.05. The first kappa shape index (κ1) is 20.9. The zero-order chi connectivity index (χ0) is 21.0. The van der Waals surface area contributed by atoms with Crippen molar-refractivity contribution in [3.63, 3.8) is 0 Å². The normalized spacial score (nSPS) is 17.2. The topological polar surface area (TPSA) is 65.5 Å². The molecule has 2 aromatic carbocycles. The van der Waals surface area contributed by atoms with Gasteiger partial charge in [-0.05, 0) is 12.5 Å². The molecule has 1 atom stereocenters. The van der Waals surface area contributed by atoms with Gasteiger partial charge in [0.05, 0.1) is 0 Å². The van der Waals surface area contributed by atoms with Gasteiger partial charge < -0.3 is 0 Å². The molecule has 30 heavy (non-hydrogen) atoms. The van der Waals surface area contributed by atoms with E-state index in [0.717, 1.165) is 38.1 Å². The van der Waals surface area contributed by atoms with Gasteiger partial charge in [0.25, 0.3) is 0 Å². The van der Waals surface area contributed by atoms with Crippen LogP contribution < -0.4 is 4.72 Å². The van der Waals surface area contributed by atoms with Crippen molar-refractivity contribution >= 4 is 20.8 Å². The smallest absolute Gasteiger partial charge is 0.243 e. The van der Waals surface area contributed by atoms with E-state index in [4.69, 9.17) is 0 Å². The average Bonchev–Trinajstić information content (AvgIpc) is 2.75. The van der Waals surface area contributed by atoms with Crippen molar-refractivity contribution in [3.8, 4) is 0 Å². The number of hydrogen-bond donors (Lipinski definition) is 1. The van der Waals surface area contributed by atoms with Crippen LogP contribution in [0.4, 0.5) is 0 Å². The largest absolute Gasteiger partial charge is 0.299 e. The van der Waals surface area contributed by atoms with Crippen molar-refractivity contribution in [3.05, 3.63) is 72.6 Å². The van der Waals surface area contributed by atoms with Gasteiger partial charge in [-0.15, -0.1) is 0 Å². The molecule has 0 unspecified atom stereocenters. The first-order valence-corrected chi connectivity index (χ1v) is 11.8. The van der Waals surface area contributed by atoms with Gasteiger partial charge in [0, 0.05) is 68.5 Å². The molecule has 0 amide bonds. The lowest BCUT2D eigenvalue weighted by atomic mass is 10.2. The second kappa shape index (κ2) is 9.22. The maximum absolute atomic E-state index is 13.0. The molecule has 0 spiro atoms. The monoisotopic (exact) mass is 424 g/mol. The Hall–Kier alpha value is -2.32. The van der Waals surface area contributed by atoms with Gasteiger partial charge in [-0.1, -0.05) is 54.6 Å². The number of benzene rings is 2. The highest BCUT2D eigenvalue weighted by molar-refractivity contribution is 7.89. The fourth-order valence-corrected chi connectivity index (χ4v) is 5.43. The maximum Gasteiger partial charge on any atom is 0.243 e. The highest BCUT2D eigenvalue weighted by atomic mass is 32.2. The molecule has 0 bridgehead atoms. The number of pyridine rings is 1. The minimum absolute atomic E-state index is 0.186. The summed E-state index contributed by atoms with van der Waals surface area (Å²) in [7, 11) is -3.64. The van der Waals surface area contributed by atoms with Crippen LogP contribution in [0, 0.1) is 0 Å². The third-order valence-electron chi connectivity index (χ3n) is 5.52. The fourth-order valence-electron chi connectivity index (χ4n) is 4.03. The SMILES string of the molecule is C[C@H](CN1CCN(Cc2ccccc2)CC1)NS(=O)(=O)c1cncc2ccccc12. The Labute approximate surface area is 178 Å². The highest BCUT2D eigenvalue weighted by Crippen LogP contribution is 2.21. The Bertz CT molecular complexity index is 1080. The maximum atomic E-state index is 13.0. The molecule has 0 radical (unpaired) electrons. The Morgan fingerprint density at radius 1 is 0.933 bits per heavy atom. The van der Waals surface area contributed by atoms with E-state index in [2.05, 4.69) is 43.8 Å².